The van der Waals surface area contributed by atoms with Crippen LogP contribution in [0.15, 0.2) is 214 Å². The third kappa shape index (κ3) is 19.4. The van der Waals surface area contributed by atoms with Gasteiger partial charge in [0.05, 0.1) is 76.1 Å². The Morgan fingerprint density at radius 2 is 0.746 bits per heavy atom. The molecule has 12 heterocycles. The zero-order valence-corrected chi connectivity index (χ0v) is 75.6. The van der Waals surface area contributed by atoms with E-state index in [0.717, 1.165) is 157 Å². The maximum Gasteiger partial charge on any atom is 0.278 e. The van der Waals surface area contributed by atoms with Crippen LogP contribution in [0.2, 0.25) is 0 Å². The molecule has 0 aliphatic heterocycles. The number of benzene rings is 4. The van der Waals surface area contributed by atoms with Crippen molar-refractivity contribution in [1.82, 2.24) is 130 Å². The molecule has 0 saturated heterocycles. The highest BCUT2D eigenvalue weighted by atomic mass is 16.5. The van der Waals surface area contributed by atoms with E-state index in [1.165, 1.54) is 5.56 Å². The van der Waals surface area contributed by atoms with Gasteiger partial charge in [-0.2, -0.15) is 30.1 Å². The maximum absolute atomic E-state index is 12.6. The van der Waals surface area contributed by atoms with Crippen molar-refractivity contribution < 1.29 is 32.8 Å². The van der Waals surface area contributed by atoms with E-state index < -0.39 is 0 Å². The van der Waals surface area contributed by atoms with Gasteiger partial charge < -0.3 is 61.3 Å². The Labute approximate surface area is 771 Å². The lowest BCUT2D eigenvalue weighted by Gasteiger charge is -2.39. The molecule has 4 aliphatic rings. The highest BCUT2D eigenvalue weighted by Crippen LogP contribution is 2.53. The first-order valence-corrected chi connectivity index (χ1v) is 44.5. The molecule has 16 aromatic rings. The molecule has 4 aliphatic carbocycles. The van der Waals surface area contributed by atoms with E-state index in [9.17, 15) is 9.59 Å². The Morgan fingerprint density at radius 1 is 0.418 bits per heavy atom. The quantitative estimate of drug-likeness (QED) is 0.0293. The zero-order chi connectivity index (χ0) is 93.3. The molecular formula is C96H103N31O7. The second-order valence-electron chi connectivity index (χ2n) is 35.3. The Kier molecular flexibility index (Phi) is 26.1. The van der Waals surface area contributed by atoms with E-state index in [1.807, 2.05) is 46.6 Å². The number of nitrogens with one attached hydrogen (secondary N) is 1. The molecule has 4 fully saturated rings. The predicted octanol–water partition coefficient (Wildman–Crippen LogP) is 13.1. The van der Waals surface area contributed by atoms with Gasteiger partial charge in [0.15, 0.2) is 23.3 Å². The summed E-state index contributed by atoms with van der Waals surface area (Å²) in [5, 5.41) is 37.8. The van der Waals surface area contributed by atoms with Gasteiger partial charge in [-0.25, -0.2) is 54.8 Å². The summed E-state index contributed by atoms with van der Waals surface area (Å²) < 4.78 is 25.5. The van der Waals surface area contributed by atoms with Gasteiger partial charge in [-0.05, 0) is 137 Å². The first kappa shape index (κ1) is 90.2. The average molecular weight is 1800 g/mol. The number of aliphatic hydroxyl groups is 1. The van der Waals surface area contributed by atoms with Crippen molar-refractivity contribution in [3.8, 4) is 90.6 Å². The highest BCUT2D eigenvalue weighted by molar-refractivity contribution is 5.77. The van der Waals surface area contributed by atoms with Crippen LogP contribution < -0.4 is 33.2 Å². The molecule has 4 saturated carbocycles. The first-order chi connectivity index (χ1) is 64.8. The van der Waals surface area contributed by atoms with Crippen molar-refractivity contribution in [1.29, 1.82) is 0 Å². The van der Waals surface area contributed by atoms with Gasteiger partial charge in [-0.3, -0.25) is 23.9 Å². The number of rotatable bonds is 26. The lowest BCUT2D eigenvalue weighted by atomic mass is 9.64. The Bertz CT molecular complexity index is 6640. The molecule has 20 rings (SSSR count). The fraction of sp³-hybridized carbons (Fsp3) is 0.333. The highest BCUT2D eigenvalue weighted by Gasteiger charge is 2.49. The van der Waals surface area contributed by atoms with Crippen molar-refractivity contribution >= 4 is 41.4 Å². The molecule has 0 atom stereocenters. The number of carbonyl (C=O) groups excluding carboxylic acids is 2. The summed E-state index contributed by atoms with van der Waals surface area (Å²) in [4.78, 5) is 97.2. The van der Waals surface area contributed by atoms with Crippen LogP contribution in [0.4, 0.5) is 29.6 Å². The van der Waals surface area contributed by atoms with Crippen molar-refractivity contribution in [3.05, 3.63) is 247 Å². The number of hydrogen-bond donors (Lipinski definition) is 6. The number of nitrogens with zero attached hydrogens (tertiary/aromatic N) is 26. The number of carbonyl (C=O) groups is 2. The maximum atomic E-state index is 12.6. The minimum absolute atomic E-state index is 0.0224. The van der Waals surface area contributed by atoms with Gasteiger partial charge in [-0.1, -0.05) is 157 Å². The van der Waals surface area contributed by atoms with Crippen LogP contribution in [0, 0.1) is 0 Å². The number of hydrogen-bond acceptors (Lipinski definition) is 34. The second-order valence-corrected chi connectivity index (χ2v) is 35.3. The minimum atomic E-state index is -0.278. The van der Waals surface area contributed by atoms with Gasteiger partial charge in [0.25, 0.3) is 23.6 Å². The summed E-state index contributed by atoms with van der Waals surface area (Å²) in [5.74, 6) is 5.83. The normalized spacial score (nSPS) is 14.8. The molecule has 0 bridgehead atoms. The van der Waals surface area contributed by atoms with Crippen molar-refractivity contribution in [3.63, 3.8) is 0 Å². The summed E-state index contributed by atoms with van der Waals surface area (Å²) >= 11 is 0. The number of anilines is 5. The summed E-state index contributed by atoms with van der Waals surface area (Å²) in [6.45, 7) is 12.7. The van der Waals surface area contributed by atoms with Gasteiger partial charge in [0, 0.05) is 123 Å². The van der Waals surface area contributed by atoms with Crippen molar-refractivity contribution in [2.24, 2.45) is 0 Å². The van der Waals surface area contributed by atoms with E-state index in [0.29, 0.717) is 81.7 Å². The molecule has 0 unspecified atom stereocenters. The summed E-state index contributed by atoms with van der Waals surface area (Å²) in [7, 11) is 3.64. The Morgan fingerprint density at radius 3 is 1.04 bits per heavy atom. The lowest BCUT2D eigenvalue weighted by Crippen LogP contribution is -2.44. The van der Waals surface area contributed by atoms with Crippen LogP contribution in [-0.2, 0) is 50.8 Å². The largest absolute Gasteiger partial charge is 0.395 e. The van der Waals surface area contributed by atoms with Crippen LogP contribution in [0.1, 0.15) is 176 Å². The Balaban J connectivity index is 0.000000125. The molecule has 0 spiro atoms. The molecular weight excluding hydrogens is 1700 g/mol. The number of likely N-dealkylation sites (N-methyl/N-ethyl adjacent to an activating group) is 2. The van der Waals surface area contributed by atoms with E-state index >= 15 is 0 Å². The van der Waals surface area contributed by atoms with Crippen molar-refractivity contribution in [2.75, 3.05) is 55.1 Å². The lowest BCUT2D eigenvalue weighted by molar-refractivity contribution is -0.135. The fourth-order valence-electron chi connectivity index (χ4n) is 16.7. The number of aromatic nitrogens is 24. The standard InChI is InChI=1S/C26H30N8O2.C24H26N8O2.C23H24N8O2.C23H23N7O/c1-25(2,3)33(4)21(35)16-34-15-19(14-30-34)22-31-23(32-36-22)26(10-5-11-26)20-8-6-17(7-9-20)18-12-28-24(27)29-13-18;1-15(2)29-20(33)14-32-13-18(12-28-32)21-30-22(31-34-21)24(8-3-9-24)19-6-4-16(5-7-19)17-10-26-23(25)27-11-17;1-31(9-10-32)19-14-25-18(13-26-19)20-29-21(30-33-20)23(7-2-8-23)17-5-3-15(4-6-17)16-11-27-22(24)28-12-16;1-2-4-18-13-26-19(14-25-18)20-29-21(30-31-20)23(9-3-10-23)17-7-5-15(6-8-17)16-11-27-22(24)28-12-16/h6-9,12-15H,5,10-11,16H2,1-4H3,(H2,27,28,29);4-7,10-13,15H,3,8-9,14H2,1-2H3,(H,29,33)(H2,25,26,27);3-6,11-14,32H,2,7-10H2,1H3,(H2,24,27,28);5-8,11-14H,2-4,9-10H2,1H3,(H2,24,27,28). The smallest absolute Gasteiger partial charge is 0.278 e. The predicted molar refractivity (Wildman–Crippen MR) is 498 cm³/mol. The molecule has 2 amide bonds. The van der Waals surface area contributed by atoms with Crippen LogP contribution in [0.25, 0.3) is 90.6 Å². The summed E-state index contributed by atoms with van der Waals surface area (Å²) in [5.41, 5.74) is 36.9. The van der Waals surface area contributed by atoms with Gasteiger partial charge >= 0.3 is 0 Å². The molecule has 38 heteroatoms. The topological polar surface area (TPSA) is 523 Å². The third-order valence-corrected chi connectivity index (χ3v) is 25.3. The van der Waals surface area contributed by atoms with Crippen LogP contribution >= 0.6 is 0 Å². The summed E-state index contributed by atoms with van der Waals surface area (Å²) in [6, 6.07) is 33.4. The molecule has 4 aromatic carbocycles. The minimum Gasteiger partial charge on any atom is -0.395 e. The molecule has 134 heavy (non-hydrogen) atoms. The van der Waals surface area contributed by atoms with Crippen LogP contribution in [0.3, 0.4) is 0 Å². The Hall–Kier alpha value is -15.8. The second kappa shape index (κ2) is 38.7. The summed E-state index contributed by atoms with van der Waals surface area (Å²) in [6.07, 6.45) is 41.3. The van der Waals surface area contributed by atoms with E-state index in [1.54, 1.807) is 120 Å². The number of amides is 2. The van der Waals surface area contributed by atoms with Crippen LogP contribution in [0.5, 0.6) is 0 Å². The molecule has 38 nitrogen and oxygen atoms in total. The van der Waals surface area contributed by atoms with E-state index in [2.05, 4.69) is 205 Å². The number of nitrogens with two attached hydrogens (primary N) is 4. The zero-order valence-electron chi connectivity index (χ0n) is 75.6. The number of aliphatic hydroxyl groups excluding tert-OH is 1. The number of aryl methyl sites for hydroxylation is 1. The van der Waals surface area contributed by atoms with Crippen LogP contribution in [-0.4, -0.2) is 181 Å². The fourth-order valence-corrected chi connectivity index (χ4v) is 16.7. The van der Waals surface area contributed by atoms with Crippen molar-refractivity contribution in [2.45, 2.75) is 178 Å². The number of nitrogen functional groups attached to an aromatic ring is 4. The van der Waals surface area contributed by atoms with Gasteiger partial charge in [-0.15, -0.1) is 0 Å². The molecule has 684 valence electrons. The molecule has 10 N–H and O–H groups in total. The first-order valence-electron chi connectivity index (χ1n) is 44.5. The monoisotopic (exact) mass is 1800 g/mol. The third-order valence-electron chi connectivity index (χ3n) is 25.3. The van der Waals surface area contributed by atoms with E-state index in [4.69, 9.17) is 61.1 Å². The van der Waals surface area contributed by atoms with Gasteiger partial charge in [0.1, 0.15) is 30.3 Å². The van der Waals surface area contributed by atoms with E-state index in [-0.39, 0.29) is 88.5 Å². The molecule has 0 radical (unpaired) electrons. The SMILES string of the molecule is CC(C)NC(=O)Cn1cc(-c2nc(C3(c4ccc(-c5cnc(N)nc5)cc4)CCC3)no2)cn1.CCCc1cnc(-c2nc(C3(c4ccc(-c5cnc(N)nc5)cc4)CCC3)no2)cn1.CN(C(=O)Cn1cc(-c2nc(C3(c4ccc(-c5cnc(N)nc5)cc4)CCC3)no2)cn1)C(C)(C)C.CN(CCO)c1cnc(-c2nc(C3(c4ccc(-c5cnc(N)nc5)cc4)CCC3)no2)cn1. The average Bonchev–Trinajstić information content (AvgIpc) is 1.47. The molecule has 12 aromatic heterocycles. The van der Waals surface area contributed by atoms with Gasteiger partial charge in [0.2, 0.25) is 35.6 Å².